The first-order valence-electron chi connectivity index (χ1n) is 6.82. The first-order chi connectivity index (χ1) is 8.52. The lowest BCUT2D eigenvalue weighted by Gasteiger charge is -2.24. The van der Waals surface area contributed by atoms with Gasteiger partial charge in [0.25, 0.3) is 0 Å². The molecule has 98 valence electrons. The van der Waals surface area contributed by atoms with Crippen LogP contribution in [0.1, 0.15) is 32.8 Å². The van der Waals surface area contributed by atoms with E-state index in [2.05, 4.69) is 68.0 Å². The SMILES string of the molecule is CCC(C)(C)NCCn1ccc2cc(C)ccc21. The second kappa shape index (κ2) is 5.15. The second-order valence-corrected chi connectivity index (χ2v) is 5.74. The number of aryl methyl sites for hydroxylation is 1. The fraction of sp³-hybridized carbons (Fsp3) is 0.500. The van der Waals surface area contributed by atoms with Crippen molar-refractivity contribution in [1.29, 1.82) is 0 Å². The summed E-state index contributed by atoms with van der Waals surface area (Å²) < 4.78 is 2.33. The van der Waals surface area contributed by atoms with Crippen molar-refractivity contribution >= 4 is 10.9 Å². The molecule has 0 radical (unpaired) electrons. The van der Waals surface area contributed by atoms with E-state index >= 15 is 0 Å². The van der Waals surface area contributed by atoms with Crippen molar-refractivity contribution in [2.24, 2.45) is 0 Å². The highest BCUT2D eigenvalue weighted by atomic mass is 15.0. The van der Waals surface area contributed by atoms with Crippen LogP contribution in [0.2, 0.25) is 0 Å². The molecule has 0 fully saturated rings. The van der Waals surface area contributed by atoms with Gasteiger partial charge in [-0.3, -0.25) is 0 Å². The van der Waals surface area contributed by atoms with Crippen molar-refractivity contribution in [2.75, 3.05) is 6.54 Å². The Balaban J connectivity index is 2.04. The number of rotatable bonds is 5. The van der Waals surface area contributed by atoms with Crippen LogP contribution < -0.4 is 5.32 Å². The van der Waals surface area contributed by atoms with E-state index in [0.29, 0.717) is 0 Å². The van der Waals surface area contributed by atoms with Gasteiger partial charge < -0.3 is 9.88 Å². The normalized spacial score (nSPS) is 12.2. The number of nitrogens with zero attached hydrogens (tertiary/aromatic N) is 1. The molecule has 0 saturated heterocycles. The second-order valence-electron chi connectivity index (χ2n) is 5.74. The van der Waals surface area contributed by atoms with Crippen LogP contribution in [0.4, 0.5) is 0 Å². The summed E-state index contributed by atoms with van der Waals surface area (Å²) in [6.45, 7) is 10.9. The van der Waals surface area contributed by atoms with Gasteiger partial charge >= 0.3 is 0 Å². The summed E-state index contributed by atoms with van der Waals surface area (Å²) in [4.78, 5) is 0. The first-order valence-corrected chi connectivity index (χ1v) is 6.82. The van der Waals surface area contributed by atoms with Crippen molar-refractivity contribution in [3.8, 4) is 0 Å². The summed E-state index contributed by atoms with van der Waals surface area (Å²) in [7, 11) is 0. The molecule has 0 aliphatic carbocycles. The molecule has 0 bridgehead atoms. The van der Waals surface area contributed by atoms with E-state index in [4.69, 9.17) is 0 Å². The van der Waals surface area contributed by atoms with Crippen LogP contribution in [0.15, 0.2) is 30.5 Å². The van der Waals surface area contributed by atoms with Gasteiger partial charge in [0.2, 0.25) is 0 Å². The van der Waals surface area contributed by atoms with Gasteiger partial charge in [0.05, 0.1) is 0 Å². The Kier molecular flexibility index (Phi) is 3.76. The number of hydrogen-bond donors (Lipinski definition) is 1. The maximum Gasteiger partial charge on any atom is 0.0480 e. The predicted octanol–water partition coefficient (Wildman–Crippen LogP) is 3.73. The molecular formula is C16H24N2. The van der Waals surface area contributed by atoms with Crippen LogP contribution in [-0.2, 0) is 6.54 Å². The van der Waals surface area contributed by atoms with E-state index in [0.717, 1.165) is 19.5 Å². The third kappa shape index (κ3) is 2.94. The zero-order chi connectivity index (χ0) is 13.2. The number of nitrogens with one attached hydrogen (secondary N) is 1. The molecule has 0 atom stereocenters. The molecule has 18 heavy (non-hydrogen) atoms. The number of hydrogen-bond acceptors (Lipinski definition) is 1. The number of benzene rings is 1. The van der Waals surface area contributed by atoms with Gasteiger partial charge in [-0.25, -0.2) is 0 Å². The minimum absolute atomic E-state index is 0.236. The molecule has 1 heterocycles. The Labute approximate surface area is 110 Å². The molecule has 1 aromatic heterocycles. The van der Waals surface area contributed by atoms with Crippen molar-refractivity contribution < 1.29 is 0 Å². The van der Waals surface area contributed by atoms with E-state index in [1.54, 1.807) is 0 Å². The van der Waals surface area contributed by atoms with E-state index in [1.165, 1.54) is 16.5 Å². The van der Waals surface area contributed by atoms with Crippen molar-refractivity contribution in [1.82, 2.24) is 9.88 Å². The Morgan fingerprint density at radius 2 is 2.00 bits per heavy atom. The maximum atomic E-state index is 3.60. The summed E-state index contributed by atoms with van der Waals surface area (Å²) in [6, 6.07) is 8.85. The van der Waals surface area contributed by atoms with Crippen LogP contribution in [0, 0.1) is 6.92 Å². The van der Waals surface area contributed by atoms with E-state index in [1.807, 2.05) is 0 Å². The fourth-order valence-electron chi connectivity index (χ4n) is 2.15. The maximum absolute atomic E-state index is 3.60. The third-order valence-corrected chi connectivity index (χ3v) is 3.77. The molecule has 0 unspecified atom stereocenters. The highest BCUT2D eigenvalue weighted by Crippen LogP contribution is 2.17. The van der Waals surface area contributed by atoms with Crippen LogP contribution >= 0.6 is 0 Å². The van der Waals surface area contributed by atoms with Gasteiger partial charge in [0, 0.05) is 30.3 Å². The van der Waals surface area contributed by atoms with Crippen LogP contribution in [-0.4, -0.2) is 16.7 Å². The molecule has 0 aliphatic heterocycles. The standard InChI is InChI=1S/C16H24N2/c1-5-16(3,4)17-9-11-18-10-8-14-12-13(2)6-7-15(14)18/h6-8,10,12,17H,5,9,11H2,1-4H3. The first kappa shape index (κ1) is 13.2. The quantitative estimate of drug-likeness (QED) is 0.848. The highest BCUT2D eigenvalue weighted by molar-refractivity contribution is 5.80. The van der Waals surface area contributed by atoms with Crippen LogP contribution in [0.25, 0.3) is 10.9 Å². The predicted molar refractivity (Wildman–Crippen MR) is 79.0 cm³/mol. The summed E-state index contributed by atoms with van der Waals surface area (Å²) in [5, 5.41) is 4.94. The molecule has 1 N–H and O–H groups in total. The number of aromatic nitrogens is 1. The average Bonchev–Trinajstić information content (AvgIpc) is 2.71. The lowest BCUT2D eigenvalue weighted by molar-refractivity contribution is 0.369. The van der Waals surface area contributed by atoms with E-state index in [-0.39, 0.29) is 5.54 Å². The molecule has 2 rings (SSSR count). The van der Waals surface area contributed by atoms with Crippen LogP contribution in [0.3, 0.4) is 0 Å². The Morgan fingerprint density at radius 1 is 1.22 bits per heavy atom. The van der Waals surface area contributed by atoms with Gasteiger partial charge in [-0.05, 0) is 50.8 Å². The minimum atomic E-state index is 0.236. The van der Waals surface area contributed by atoms with Gasteiger partial charge in [-0.1, -0.05) is 18.6 Å². The smallest absolute Gasteiger partial charge is 0.0480 e. The Morgan fingerprint density at radius 3 is 2.72 bits per heavy atom. The van der Waals surface area contributed by atoms with Crippen molar-refractivity contribution in [2.45, 2.75) is 46.2 Å². The van der Waals surface area contributed by atoms with E-state index in [9.17, 15) is 0 Å². The third-order valence-electron chi connectivity index (χ3n) is 3.77. The molecule has 0 aliphatic rings. The number of fused-ring (bicyclic) bond motifs is 1. The average molecular weight is 244 g/mol. The van der Waals surface area contributed by atoms with Gasteiger partial charge in [0.15, 0.2) is 0 Å². The molecule has 0 saturated carbocycles. The Bertz CT molecular complexity index is 523. The monoisotopic (exact) mass is 244 g/mol. The van der Waals surface area contributed by atoms with Crippen LogP contribution in [0.5, 0.6) is 0 Å². The largest absolute Gasteiger partial charge is 0.346 e. The van der Waals surface area contributed by atoms with Crippen molar-refractivity contribution in [3.05, 3.63) is 36.0 Å². The van der Waals surface area contributed by atoms with Gasteiger partial charge in [-0.15, -0.1) is 0 Å². The molecule has 0 amide bonds. The molecular weight excluding hydrogens is 220 g/mol. The topological polar surface area (TPSA) is 17.0 Å². The Hall–Kier alpha value is -1.28. The fourth-order valence-corrected chi connectivity index (χ4v) is 2.15. The molecule has 2 nitrogen and oxygen atoms in total. The highest BCUT2D eigenvalue weighted by Gasteiger charge is 2.12. The molecule has 0 spiro atoms. The lowest BCUT2D eigenvalue weighted by Crippen LogP contribution is -2.40. The molecule has 2 aromatic rings. The lowest BCUT2D eigenvalue weighted by atomic mass is 10.0. The summed E-state index contributed by atoms with van der Waals surface area (Å²) >= 11 is 0. The molecule has 1 aromatic carbocycles. The van der Waals surface area contributed by atoms with Gasteiger partial charge in [0.1, 0.15) is 0 Å². The zero-order valence-electron chi connectivity index (χ0n) is 12.0. The minimum Gasteiger partial charge on any atom is -0.346 e. The van der Waals surface area contributed by atoms with Crippen molar-refractivity contribution in [3.63, 3.8) is 0 Å². The van der Waals surface area contributed by atoms with E-state index < -0.39 is 0 Å². The summed E-state index contributed by atoms with van der Waals surface area (Å²) in [6.07, 6.45) is 3.34. The molecule has 2 heteroatoms. The zero-order valence-corrected chi connectivity index (χ0v) is 12.0. The summed E-state index contributed by atoms with van der Waals surface area (Å²) in [5.41, 5.74) is 2.89. The van der Waals surface area contributed by atoms with Gasteiger partial charge in [-0.2, -0.15) is 0 Å². The summed E-state index contributed by atoms with van der Waals surface area (Å²) in [5.74, 6) is 0.